The zero-order valence-electron chi connectivity index (χ0n) is 35.9. The SMILES string of the molecule is CCCCC/C=C/CCCCCCCC(=O)OCC(COCCC(C(=O)O)[N+](C)(C)C)OC(=O)CCCCCCC/C=C/CCCCCCCCCCC. The van der Waals surface area contributed by atoms with E-state index in [0.717, 1.165) is 64.2 Å². The first kappa shape index (κ1) is 51.8. The predicted octanol–water partition coefficient (Wildman–Crippen LogP) is 12.1. The molecule has 316 valence electrons. The molecule has 0 bridgehead atoms. The van der Waals surface area contributed by atoms with Gasteiger partial charge in [0.1, 0.15) is 6.61 Å². The van der Waals surface area contributed by atoms with E-state index in [1.165, 1.54) is 103 Å². The fraction of sp³-hybridized carbons (Fsp3) is 0.848. The molecule has 1 N–H and O–H groups in total. The van der Waals surface area contributed by atoms with Crippen LogP contribution in [0.5, 0.6) is 0 Å². The lowest BCUT2D eigenvalue weighted by atomic mass is 10.1. The number of carboxylic acid groups (broad SMARTS) is 1. The normalized spacial score (nSPS) is 13.1. The Morgan fingerprint density at radius 3 is 1.37 bits per heavy atom. The molecule has 0 rings (SSSR count). The molecule has 8 nitrogen and oxygen atoms in total. The Morgan fingerprint density at radius 1 is 0.537 bits per heavy atom. The molecule has 0 aromatic heterocycles. The minimum Gasteiger partial charge on any atom is -0.477 e. The van der Waals surface area contributed by atoms with Gasteiger partial charge in [0, 0.05) is 19.3 Å². The van der Waals surface area contributed by atoms with E-state index < -0.39 is 18.1 Å². The van der Waals surface area contributed by atoms with Gasteiger partial charge in [-0.2, -0.15) is 0 Å². The van der Waals surface area contributed by atoms with Crippen molar-refractivity contribution in [2.45, 2.75) is 212 Å². The smallest absolute Gasteiger partial charge is 0.362 e. The van der Waals surface area contributed by atoms with Crippen molar-refractivity contribution in [1.29, 1.82) is 0 Å². The summed E-state index contributed by atoms with van der Waals surface area (Å²) in [7, 11) is 5.52. The number of quaternary nitrogens is 1. The van der Waals surface area contributed by atoms with E-state index in [4.69, 9.17) is 14.2 Å². The summed E-state index contributed by atoms with van der Waals surface area (Å²) in [5.74, 6) is -1.48. The molecule has 0 radical (unpaired) electrons. The molecule has 0 aromatic carbocycles. The van der Waals surface area contributed by atoms with Crippen molar-refractivity contribution in [2.24, 2.45) is 0 Å². The summed E-state index contributed by atoms with van der Waals surface area (Å²) in [6.07, 6.45) is 40.7. The predicted molar refractivity (Wildman–Crippen MR) is 225 cm³/mol. The average Bonchev–Trinajstić information content (AvgIpc) is 3.12. The molecule has 2 atom stereocenters. The van der Waals surface area contributed by atoms with Crippen molar-refractivity contribution in [3.05, 3.63) is 24.3 Å². The molecule has 0 aliphatic heterocycles. The number of carboxylic acids is 1. The molecule has 0 saturated heterocycles. The lowest BCUT2D eigenvalue weighted by Gasteiger charge is -2.31. The monoisotopic (exact) mass is 765 g/mol. The van der Waals surface area contributed by atoms with Crippen LogP contribution in [0.3, 0.4) is 0 Å². The van der Waals surface area contributed by atoms with Crippen LogP contribution in [0, 0.1) is 0 Å². The standard InChI is InChI=1S/C46H85NO7/c1-6-8-10-12-14-16-18-20-21-22-23-24-25-27-29-31-33-35-37-45(49)54-42(40-52-39-38-43(46(50)51)47(3,4)5)41-53-44(48)36-34-32-30-28-26-19-17-15-13-11-9-7-2/h15,17,23-24,42-43H,6-14,16,18-22,25-41H2,1-5H3/p+1/b17-15+,24-23+. The van der Waals surface area contributed by atoms with Gasteiger partial charge in [-0.15, -0.1) is 0 Å². The minimum atomic E-state index is -0.876. The fourth-order valence-electron chi connectivity index (χ4n) is 6.55. The third kappa shape index (κ3) is 35.5. The van der Waals surface area contributed by atoms with Crippen molar-refractivity contribution in [3.8, 4) is 0 Å². The highest BCUT2D eigenvalue weighted by Crippen LogP contribution is 2.14. The number of allylic oxidation sites excluding steroid dienone is 4. The van der Waals surface area contributed by atoms with Crippen LogP contribution in [-0.2, 0) is 28.6 Å². The highest BCUT2D eigenvalue weighted by molar-refractivity contribution is 5.72. The van der Waals surface area contributed by atoms with Crippen molar-refractivity contribution in [1.82, 2.24) is 0 Å². The van der Waals surface area contributed by atoms with Crippen LogP contribution in [0.1, 0.15) is 200 Å². The van der Waals surface area contributed by atoms with Crippen molar-refractivity contribution in [3.63, 3.8) is 0 Å². The number of carbonyl (C=O) groups excluding carboxylic acids is 2. The Morgan fingerprint density at radius 2 is 0.926 bits per heavy atom. The molecular weight excluding hydrogens is 679 g/mol. The van der Waals surface area contributed by atoms with Crippen molar-refractivity contribution in [2.75, 3.05) is 41.0 Å². The van der Waals surface area contributed by atoms with Crippen molar-refractivity contribution >= 4 is 17.9 Å². The zero-order chi connectivity index (χ0) is 40.0. The highest BCUT2D eigenvalue weighted by atomic mass is 16.6. The molecule has 54 heavy (non-hydrogen) atoms. The van der Waals surface area contributed by atoms with Gasteiger partial charge >= 0.3 is 17.9 Å². The summed E-state index contributed by atoms with van der Waals surface area (Å²) in [5.41, 5.74) is 0. The van der Waals surface area contributed by atoms with Crippen molar-refractivity contribution < 1.29 is 38.2 Å². The number of hydrogen-bond donors (Lipinski definition) is 1. The lowest BCUT2D eigenvalue weighted by molar-refractivity contribution is -0.887. The van der Waals surface area contributed by atoms with E-state index in [2.05, 4.69) is 38.2 Å². The van der Waals surface area contributed by atoms with Gasteiger partial charge in [-0.05, 0) is 64.2 Å². The lowest BCUT2D eigenvalue weighted by Crippen LogP contribution is -2.50. The van der Waals surface area contributed by atoms with Gasteiger partial charge in [-0.3, -0.25) is 9.59 Å². The average molecular weight is 765 g/mol. The van der Waals surface area contributed by atoms with Gasteiger partial charge in [0.2, 0.25) is 0 Å². The summed E-state index contributed by atoms with van der Waals surface area (Å²) in [6.45, 7) is 4.70. The van der Waals surface area contributed by atoms with Crippen LogP contribution in [0.2, 0.25) is 0 Å². The van der Waals surface area contributed by atoms with Gasteiger partial charge in [0.05, 0.1) is 34.4 Å². The zero-order valence-corrected chi connectivity index (χ0v) is 35.9. The number of ether oxygens (including phenoxy) is 3. The number of likely N-dealkylation sites (N-methyl/N-ethyl adjacent to an activating group) is 1. The van der Waals surface area contributed by atoms with Gasteiger partial charge in [0.25, 0.3) is 0 Å². The van der Waals surface area contributed by atoms with Crippen LogP contribution in [-0.4, -0.2) is 80.6 Å². The van der Waals surface area contributed by atoms with E-state index in [-0.39, 0.29) is 36.2 Å². The quantitative estimate of drug-likeness (QED) is 0.0287. The molecule has 8 heteroatoms. The van der Waals surface area contributed by atoms with E-state index >= 15 is 0 Å². The van der Waals surface area contributed by atoms with Crippen LogP contribution in [0.25, 0.3) is 0 Å². The van der Waals surface area contributed by atoms with Gasteiger partial charge in [-0.25, -0.2) is 4.79 Å². The van der Waals surface area contributed by atoms with E-state index in [0.29, 0.717) is 19.3 Å². The third-order valence-electron chi connectivity index (χ3n) is 10.1. The molecule has 0 spiro atoms. The summed E-state index contributed by atoms with van der Waals surface area (Å²) >= 11 is 0. The fourth-order valence-corrected chi connectivity index (χ4v) is 6.55. The molecule has 2 unspecified atom stereocenters. The molecule has 0 amide bonds. The minimum absolute atomic E-state index is 0.0561. The Bertz CT molecular complexity index is 942. The highest BCUT2D eigenvalue weighted by Gasteiger charge is 2.31. The number of nitrogens with zero attached hydrogens (tertiary/aromatic N) is 1. The molecule has 0 aliphatic rings. The second-order valence-electron chi connectivity index (χ2n) is 16.3. The van der Waals surface area contributed by atoms with E-state index in [1.54, 1.807) is 0 Å². The van der Waals surface area contributed by atoms with E-state index in [9.17, 15) is 19.5 Å². The number of unbranched alkanes of at least 4 members (excludes halogenated alkanes) is 22. The Labute approximate surface area is 332 Å². The molecular formula is C46H86NO7+. The van der Waals surface area contributed by atoms with Gasteiger partial charge in [0.15, 0.2) is 12.1 Å². The molecule has 0 aromatic rings. The topological polar surface area (TPSA) is 99.1 Å². The maximum Gasteiger partial charge on any atom is 0.362 e. The molecule has 0 aliphatic carbocycles. The Hall–Kier alpha value is -2.19. The number of hydrogen-bond acceptors (Lipinski definition) is 6. The number of esters is 2. The Kier molecular flexibility index (Phi) is 36.2. The second kappa shape index (κ2) is 37.7. The van der Waals surface area contributed by atoms with E-state index in [1.807, 2.05) is 21.1 Å². The molecule has 0 fully saturated rings. The van der Waals surface area contributed by atoms with Crippen LogP contribution in [0.15, 0.2) is 24.3 Å². The summed E-state index contributed by atoms with van der Waals surface area (Å²) in [5, 5.41) is 9.61. The summed E-state index contributed by atoms with van der Waals surface area (Å²) in [6, 6.07) is -0.614. The van der Waals surface area contributed by atoms with Crippen LogP contribution >= 0.6 is 0 Å². The van der Waals surface area contributed by atoms with Gasteiger partial charge < -0.3 is 23.8 Å². The maximum atomic E-state index is 12.7. The third-order valence-corrected chi connectivity index (χ3v) is 10.1. The first-order valence-corrected chi connectivity index (χ1v) is 22.4. The second-order valence-corrected chi connectivity index (χ2v) is 16.3. The largest absolute Gasteiger partial charge is 0.477 e. The van der Waals surface area contributed by atoms with Crippen LogP contribution < -0.4 is 0 Å². The molecule has 0 saturated carbocycles. The number of rotatable bonds is 40. The maximum absolute atomic E-state index is 12.7. The first-order valence-electron chi connectivity index (χ1n) is 22.4. The Balaban J connectivity index is 4.33. The first-order chi connectivity index (χ1) is 26.1. The summed E-state index contributed by atoms with van der Waals surface area (Å²) < 4.78 is 17.3. The number of aliphatic carboxylic acids is 1. The summed E-state index contributed by atoms with van der Waals surface area (Å²) in [4.78, 5) is 36.9. The molecule has 0 heterocycles. The van der Waals surface area contributed by atoms with Crippen LogP contribution in [0.4, 0.5) is 0 Å². The van der Waals surface area contributed by atoms with Gasteiger partial charge in [-0.1, -0.05) is 141 Å². The number of carbonyl (C=O) groups is 3.